The second-order valence-electron chi connectivity index (χ2n) is 6.09. The highest BCUT2D eigenvalue weighted by molar-refractivity contribution is 5.33. The molecule has 1 aliphatic carbocycles. The number of nitrogens with zero attached hydrogens (tertiary/aromatic N) is 2. The summed E-state index contributed by atoms with van der Waals surface area (Å²) < 4.78 is 1.99. The summed E-state index contributed by atoms with van der Waals surface area (Å²) in [6.45, 7) is 2.14. The van der Waals surface area contributed by atoms with Crippen LogP contribution in [0.15, 0.2) is 30.3 Å². The summed E-state index contributed by atoms with van der Waals surface area (Å²) >= 11 is 0. The summed E-state index contributed by atoms with van der Waals surface area (Å²) in [5.41, 5.74) is 11.8. The Kier molecular flexibility index (Phi) is 3.38. The van der Waals surface area contributed by atoms with Crippen LogP contribution in [0, 0.1) is 0 Å². The van der Waals surface area contributed by atoms with Crippen molar-refractivity contribution >= 4 is 0 Å². The van der Waals surface area contributed by atoms with Gasteiger partial charge in [-0.1, -0.05) is 31.2 Å². The minimum Gasteiger partial charge on any atom is -0.324 e. The summed E-state index contributed by atoms with van der Waals surface area (Å²) in [5.74, 6) is 0. The van der Waals surface area contributed by atoms with Gasteiger partial charge in [-0.05, 0) is 42.9 Å². The van der Waals surface area contributed by atoms with Crippen LogP contribution in [0.3, 0.4) is 0 Å². The Morgan fingerprint density at radius 2 is 2.05 bits per heavy atom. The van der Waals surface area contributed by atoms with E-state index in [-0.39, 0.29) is 5.54 Å². The smallest absolute Gasteiger partial charge is 0.0624 e. The van der Waals surface area contributed by atoms with Crippen molar-refractivity contribution in [2.75, 3.05) is 0 Å². The minimum atomic E-state index is -0.132. The van der Waals surface area contributed by atoms with Crippen LogP contribution in [0.4, 0.5) is 0 Å². The number of nitrogens with two attached hydrogens (primary N) is 1. The molecule has 0 saturated carbocycles. The maximum atomic E-state index is 6.68. The third-order valence-electron chi connectivity index (χ3n) is 4.48. The van der Waals surface area contributed by atoms with Crippen LogP contribution in [-0.2, 0) is 32.7 Å². The molecule has 1 unspecified atom stereocenters. The van der Waals surface area contributed by atoms with E-state index in [1.54, 1.807) is 0 Å². The van der Waals surface area contributed by atoms with Crippen LogP contribution in [0.1, 0.15) is 35.9 Å². The number of rotatable bonds is 3. The molecule has 2 N–H and O–H groups in total. The van der Waals surface area contributed by atoms with E-state index in [2.05, 4.69) is 42.4 Å². The quantitative estimate of drug-likeness (QED) is 0.930. The highest BCUT2D eigenvalue weighted by Gasteiger charge is 2.31. The first-order chi connectivity index (χ1) is 9.59. The van der Waals surface area contributed by atoms with Crippen LogP contribution in [0.2, 0.25) is 0 Å². The average Bonchev–Trinajstić information content (AvgIpc) is 2.78. The Hall–Kier alpha value is -1.61. The molecule has 0 radical (unpaired) electrons. The highest BCUT2D eigenvalue weighted by Crippen LogP contribution is 2.29. The van der Waals surface area contributed by atoms with E-state index < -0.39 is 0 Å². The topological polar surface area (TPSA) is 43.8 Å². The largest absolute Gasteiger partial charge is 0.324 e. The van der Waals surface area contributed by atoms with E-state index in [0.29, 0.717) is 0 Å². The fourth-order valence-corrected chi connectivity index (χ4v) is 3.25. The van der Waals surface area contributed by atoms with Crippen molar-refractivity contribution in [3.63, 3.8) is 0 Å². The molecular weight excluding hydrogens is 246 g/mol. The first kappa shape index (κ1) is 13.4. The van der Waals surface area contributed by atoms with Crippen molar-refractivity contribution in [2.24, 2.45) is 12.8 Å². The van der Waals surface area contributed by atoms with Crippen LogP contribution >= 0.6 is 0 Å². The predicted molar refractivity (Wildman–Crippen MR) is 81.7 cm³/mol. The number of aryl methyl sites for hydroxylation is 3. The zero-order valence-electron chi connectivity index (χ0n) is 12.4. The number of hydrogen-bond donors (Lipinski definition) is 1. The summed E-state index contributed by atoms with van der Waals surface area (Å²) in [7, 11) is 2.02. The molecule has 1 heterocycles. The van der Waals surface area contributed by atoms with E-state index in [0.717, 1.165) is 37.8 Å². The average molecular weight is 269 g/mol. The summed E-state index contributed by atoms with van der Waals surface area (Å²) in [6.07, 6.45) is 5.00. The lowest BCUT2D eigenvalue weighted by atomic mass is 9.76. The fourth-order valence-electron chi connectivity index (χ4n) is 3.25. The van der Waals surface area contributed by atoms with Gasteiger partial charge in [-0.25, -0.2) is 0 Å². The molecule has 1 aromatic heterocycles. The summed E-state index contributed by atoms with van der Waals surface area (Å²) in [4.78, 5) is 0. The molecule has 0 saturated heterocycles. The van der Waals surface area contributed by atoms with E-state index in [9.17, 15) is 0 Å². The van der Waals surface area contributed by atoms with Crippen molar-refractivity contribution in [3.05, 3.63) is 52.8 Å². The van der Waals surface area contributed by atoms with Crippen LogP contribution < -0.4 is 5.73 Å². The molecule has 20 heavy (non-hydrogen) atoms. The third kappa shape index (κ3) is 2.50. The zero-order valence-corrected chi connectivity index (χ0v) is 12.4. The Labute approximate surface area is 120 Å². The molecular formula is C17H23N3. The van der Waals surface area contributed by atoms with Gasteiger partial charge >= 0.3 is 0 Å². The van der Waals surface area contributed by atoms with Gasteiger partial charge in [0.1, 0.15) is 0 Å². The lowest BCUT2D eigenvalue weighted by molar-refractivity contribution is 0.361. The maximum Gasteiger partial charge on any atom is 0.0624 e. The van der Waals surface area contributed by atoms with Gasteiger partial charge < -0.3 is 5.73 Å². The molecule has 0 amide bonds. The SMILES string of the molecule is CCc1cc(CC2(N)CCc3ccccc3C2)n(C)n1. The third-order valence-corrected chi connectivity index (χ3v) is 4.48. The van der Waals surface area contributed by atoms with Crippen LogP contribution in [-0.4, -0.2) is 15.3 Å². The molecule has 0 fully saturated rings. The van der Waals surface area contributed by atoms with Gasteiger partial charge in [-0.3, -0.25) is 4.68 Å². The molecule has 0 aliphatic heterocycles. The monoisotopic (exact) mass is 269 g/mol. The van der Waals surface area contributed by atoms with Gasteiger partial charge in [0.05, 0.1) is 5.69 Å². The first-order valence-electron chi connectivity index (χ1n) is 7.47. The number of hydrogen-bond acceptors (Lipinski definition) is 2. The van der Waals surface area contributed by atoms with Crippen molar-refractivity contribution in [2.45, 2.75) is 44.6 Å². The van der Waals surface area contributed by atoms with Crippen molar-refractivity contribution in [1.82, 2.24) is 9.78 Å². The molecule has 3 heteroatoms. The molecule has 3 nitrogen and oxygen atoms in total. The van der Waals surface area contributed by atoms with Gasteiger partial charge in [0.2, 0.25) is 0 Å². The van der Waals surface area contributed by atoms with E-state index in [1.165, 1.54) is 16.8 Å². The van der Waals surface area contributed by atoms with E-state index in [4.69, 9.17) is 5.73 Å². The molecule has 2 aromatic rings. The first-order valence-corrected chi connectivity index (χ1v) is 7.47. The molecule has 0 bridgehead atoms. The zero-order chi connectivity index (χ0) is 14.2. The Morgan fingerprint density at radius 1 is 1.30 bits per heavy atom. The fraction of sp³-hybridized carbons (Fsp3) is 0.471. The van der Waals surface area contributed by atoms with E-state index in [1.807, 2.05) is 11.7 Å². The Balaban J connectivity index is 1.82. The van der Waals surface area contributed by atoms with Gasteiger partial charge in [-0.15, -0.1) is 0 Å². The summed E-state index contributed by atoms with van der Waals surface area (Å²) in [6, 6.07) is 10.9. The number of fused-ring (bicyclic) bond motifs is 1. The van der Waals surface area contributed by atoms with Gasteiger partial charge in [0, 0.05) is 24.7 Å². The standard InChI is InChI=1S/C17H23N3/c1-3-15-10-16(20(2)19-15)12-17(18)9-8-13-6-4-5-7-14(13)11-17/h4-7,10H,3,8-9,11-12,18H2,1-2H3. The molecule has 1 aromatic carbocycles. The minimum absolute atomic E-state index is 0.132. The molecule has 1 aliphatic rings. The lowest BCUT2D eigenvalue weighted by Crippen LogP contribution is -2.47. The van der Waals surface area contributed by atoms with Gasteiger partial charge in [0.25, 0.3) is 0 Å². The molecule has 3 rings (SSSR count). The molecule has 1 atom stereocenters. The number of benzene rings is 1. The molecule has 0 spiro atoms. The molecule has 106 valence electrons. The normalized spacial score (nSPS) is 21.8. The summed E-state index contributed by atoms with van der Waals surface area (Å²) in [5, 5.41) is 4.53. The van der Waals surface area contributed by atoms with E-state index >= 15 is 0 Å². The van der Waals surface area contributed by atoms with Crippen LogP contribution in [0.5, 0.6) is 0 Å². The highest BCUT2D eigenvalue weighted by atomic mass is 15.3. The predicted octanol–water partition coefficient (Wildman–Crippen LogP) is 2.41. The second kappa shape index (κ2) is 5.06. The van der Waals surface area contributed by atoms with Crippen molar-refractivity contribution in [3.8, 4) is 0 Å². The van der Waals surface area contributed by atoms with Gasteiger partial charge in [-0.2, -0.15) is 5.10 Å². The number of aromatic nitrogens is 2. The lowest BCUT2D eigenvalue weighted by Gasteiger charge is -2.34. The second-order valence-corrected chi connectivity index (χ2v) is 6.09. The Morgan fingerprint density at radius 3 is 2.75 bits per heavy atom. The van der Waals surface area contributed by atoms with Crippen LogP contribution in [0.25, 0.3) is 0 Å². The maximum absolute atomic E-state index is 6.68. The van der Waals surface area contributed by atoms with Gasteiger partial charge in [0.15, 0.2) is 0 Å². The Bertz CT molecular complexity index is 614. The van der Waals surface area contributed by atoms with Crippen molar-refractivity contribution in [1.29, 1.82) is 0 Å². The van der Waals surface area contributed by atoms with Crippen molar-refractivity contribution < 1.29 is 0 Å².